The van der Waals surface area contributed by atoms with Crippen LogP contribution < -0.4 is 0 Å². The van der Waals surface area contributed by atoms with E-state index in [1.165, 1.54) is 0 Å². The van der Waals surface area contributed by atoms with Gasteiger partial charge in [-0.05, 0) is 97.3 Å². The van der Waals surface area contributed by atoms with E-state index in [4.69, 9.17) is 29.4 Å². The van der Waals surface area contributed by atoms with Gasteiger partial charge in [0.25, 0.3) is 0 Å². The first-order chi connectivity index (χ1) is 24.8. The number of nitrogens with zero attached hydrogens (tertiary/aromatic N) is 6. The molecule has 1 N–H and O–H groups in total. The number of nitrogens with one attached hydrogen (secondary N) is 1. The van der Waals surface area contributed by atoms with Crippen LogP contribution in [0.3, 0.4) is 0 Å². The molecule has 2 aromatic carbocycles. The number of piperidine rings is 2. The Labute approximate surface area is 303 Å². The molecule has 0 radical (unpaired) electrons. The van der Waals surface area contributed by atoms with Crippen LogP contribution in [-0.2, 0) is 9.47 Å². The van der Waals surface area contributed by atoms with Crippen LogP contribution in [0.5, 0.6) is 0 Å². The van der Waals surface area contributed by atoms with E-state index in [0.29, 0.717) is 11.8 Å². The molecule has 11 heteroatoms. The van der Waals surface area contributed by atoms with Crippen LogP contribution in [0.2, 0.25) is 0 Å². The van der Waals surface area contributed by atoms with Gasteiger partial charge in [-0.3, -0.25) is 19.8 Å². The average Bonchev–Trinajstić information content (AvgIpc) is 3.68. The van der Waals surface area contributed by atoms with Crippen LogP contribution in [0, 0.1) is 11.8 Å². The van der Waals surface area contributed by atoms with Crippen molar-refractivity contribution in [3.63, 3.8) is 0 Å². The molecule has 11 nitrogen and oxygen atoms in total. The zero-order valence-electron chi connectivity index (χ0n) is 30.6. The van der Waals surface area contributed by atoms with Gasteiger partial charge in [-0.25, -0.2) is 19.6 Å². The van der Waals surface area contributed by atoms with Crippen molar-refractivity contribution in [1.29, 1.82) is 0 Å². The first-order valence-corrected chi connectivity index (χ1v) is 18.5. The molecular weight excluding hydrogens is 654 g/mol. The molecular formula is C41H45N7O4. The highest BCUT2D eigenvalue weighted by Crippen LogP contribution is 2.53. The minimum atomic E-state index is -0.548. The second-order valence-electron chi connectivity index (χ2n) is 17.0. The van der Waals surface area contributed by atoms with Gasteiger partial charge in [0, 0.05) is 40.9 Å². The molecule has 2 saturated heterocycles. The van der Waals surface area contributed by atoms with Crippen molar-refractivity contribution in [2.75, 3.05) is 0 Å². The van der Waals surface area contributed by atoms with Gasteiger partial charge >= 0.3 is 12.2 Å². The van der Waals surface area contributed by atoms with Gasteiger partial charge in [0.15, 0.2) is 0 Å². The molecule has 268 valence electrons. The van der Waals surface area contributed by atoms with E-state index in [9.17, 15) is 9.59 Å². The monoisotopic (exact) mass is 699 g/mol. The van der Waals surface area contributed by atoms with Crippen LogP contribution in [-0.4, -0.2) is 77.0 Å². The number of carbonyl (C=O) groups excluding carboxylic acids is 2. The molecule has 2 aliphatic carbocycles. The second kappa shape index (κ2) is 11.7. The SMILES string of the molecule is CC(C)(C)OC(=O)N1[C@@H]2C[C@@H]2C[C@H]1C1=NC(c2cccc(-c3cnc4cc(-c5cnc([C@@H]6C[C@H]7C[C@H]7N6C(=O)OC(C)(C)C)[nH]5)ccc4n3)c2)=CC1. The molecule has 5 aliphatic rings. The number of ether oxygens (including phenoxy) is 2. The topological polar surface area (TPSA) is 126 Å². The lowest BCUT2D eigenvalue weighted by atomic mass is 10.0. The van der Waals surface area contributed by atoms with Crippen molar-refractivity contribution in [2.45, 2.75) is 109 Å². The van der Waals surface area contributed by atoms with Gasteiger partial charge < -0.3 is 14.5 Å². The number of carbonyl (C=O) groups is 2. The van der Waals surface area contributed by atoms with Crippen molar-refractivity contribution in [1.82, 2.24) is 29.7 Å². The van der Waals surface area contributed by atoms with E-state index >= 15 is 0 Å². The number of imidazole rings is 1. The molecule has 52 heavy (non-hydrogen) atoms. The molecule has 6 atom stereocenters. The summed E-state index contributed by atoms with van der Waals surface area (Å²) >= 11 is 0. The van der Waals surface area contributed by atoms with E-state index in [-0.39, 0.29) is 36.4 Å². The molecule has 3 aliphatic heterocycles. The number of rotatable bonds is 5. The van der Waals surface area contributed by atoms with Gasteiger partial charge in [-0.1, -0.05) is 30.3 Å². The number of fused-ring (bicyclic) bond motifs is 3. The normalized spacial score (nSPS) is 26.2. The van der Waals surface area contributed by atoms with Crippen molar-refractivity contribution < 1.29 is 19.1 Å². The Morgan fingerprint density at radius 2 is 1.42 bits per heavy atom. The second-order valence-corrected chi connectivity index (χ2v) is 17.0. The van der Waals surface area contributed by atoms with Gasteiger partial charge in [0.2, 0.25) is 0 Å². The first kappa shape index (κ1) is 32.8. The Morgan fingerprint density at radius 3 is 2.13 bits per heavy atom. The number of aromatic nitrogens is 4. The summed E-state index contributed by atoms with van der Waals surface area (Å²) in [5.41, 5.74) is 7.02. The van der Waals surface area contributed by atoms with E-state index in [0.717, 1.165) is 88.4 Å². The summed E-state index contributed by atoms with van der Waals surface area (Å²) in [6, 6.07) is 14.7. The molecule has 2 amide bonds. The fourth-order valence-corrected chi connectivity index (χ4v) is 8.26. The number of likely N-dealkylation sites (tertiary alicyclic amines) is 2. The number of aromatic amines is 1. The molecule has 2 saturated carbocycles. The zero-order valence-corrected chi connectivity index (χ0v) is 30.6. The van der Waals surface area contributed by atoms with Crippen molar-refractivity contribution in [3.05, 3.63) is 72.3 Å². The Kier molecular flexibility index (Phi) is 7.40. The highest BCUT2D eigenvalue weighted by molar-refractivity contribution is 6.01. The van der Waals surface area contributed by atoms with E-state index in [1.807, 2.05) is 94.1 Å². The number of hydrogen-bond acceptors (Lipinski definition) is 8. The molecule has 0 spiro atoms. The molecule has 5 heterocycles. The molecule has 4 aromatic rings. The van der Waals surface area contributed by atoms with E-state index in [2.05, 4.69) is 23.2 Å². The predicted octanol–water partition coefficient (Wildman–Crippen LogP) is 8.34. The summed E-state index contributed by atoms with van der Waals surface area (Å²) in [4.78, 5) is 53.1. The minimum Gasteiger partial charge on any atom is -0.444 e. The number of aliphatic imine (C=N–C) groups is 1. The summed E-state index contributed by atoms with van der Waals surface area (Å²) in [5, 5.41) is 0. The lowest BCUT2D eigenvalue weighted by Crippen LogP contribution is -2.45. The van der Waals surface area contributed by atoms with Crippen molar-refractivity contribution >= 4 is 34.6 Å². The predicted molar refractivity (Wildman–Crippen MR) is 198 cm³/mol. The fourth-order valence-electron chi connectivity index (χ4n) is 8.26. The highest BCUT2D eigenvalue weighted by atomic mass is 16.6. The van der Waals surface area contributed by atoms with E-state index in [1.54, 1.807) is 0 Å². The summed E-state index contributed by atoms with van der Waals surface area (Å²) in [6.45, 7) is 11.4. The maximum atomic E-state index is 13.1. The van der Waals surface area contributed by atoms with Gasteiger partial charge in [-0.2, -0.15) is 0 Å². The number of allylic oxidation sites excluding steroid dienone is 1. The van der Waals surface area contributed by atoms with Crippen LogP contribution in [0.15, 0.2) is 65.9 Å². The lowest BCUT2D eigenvalue weighted by molar-refractivity contribution is 0.0173. The molecule has 0 bridgehead atoms. The Morgan fingerprint density at radius 1 is 0.750 bits per heavy atom. The maximum Gasteiger partial charge on any atom is 0.411 e. The summed E-state index contributed by atoms with van der Waals surface area (Å²) < 4.78 is 11.5. The number of amides is 2. The number of benzene rings is 2. The molecule has 4 fully saturated rings. The minimum absolute atomic E-state index is 0.0136. The summed E-state index contributed by atoms with van der Waals surface area (Å²) in [5.74, 6) is 1.84. The van der Waals surface area contributed by atoms with Crippen LogP contribution in [0.4, 0.5) is 9.59 Å². The quantitative estimate of drug-likeness (QED) is 0.222. The molecule has 9 rings (SSSR count). The number of H-pyrrole nitrogens is 1. The largest absolute Gasteiger partial charge is 0.444 e. The Bertz CT molecular complexity index is 2170. The third-order valence-electron chi connectivity index (χ3n) is 10.8. The van der Waals surface area contributed by atoms with Crippen molar-refractivity contribution in [2.24, 2.45) is 16.8 Å². The maximum absolute atomic E-state index is 13.1. The third kappa shape index (κ3) is 6.13. The average molecular weight is 700 g/mol. The van der Waals surface area contributed by atoms with Crippen molar-refractivity contribution in [3.8, 4) is 22.5 Å². The molecule has 2 aromatic heterocycles. The summed E-state index contributed by atoms with van der Waals surface area (Å²) in [7, 11) is 0. The van der Waals surface area contributed by atoms with Crippen LogP contribution in [0.1, 0.15) is 91.1 Å². The lowest BCUT2D eigenvalue weighted by Gasteiger charge is -2.30. The zero-order chi connectivity index (χ0) is 36.1. The molecule has 0 unspecified atom stereocenters. The Balaban J connectivity index is 0.910. The van der Waals surface area contributed by atoms with E-state index < -0.39 is 11.2 Å². The fraction of sp³-hybridized carbons (Fsp3) is 0.463. The van der Waals surface area contributed by atoms with Gasteiger partial charge in [-0.15, -0.1) is 0 Å². The van der Waals surface area contributed by atoms with Crippen LogP contribution >= 0.6 is 0 Å². The van der Waals surface area contributed by atoms with Crippen LogP contribution in [0.25, 0.3) is 39.2 Å². The Hall–Kier alpha value is -5.06. The highest BCUT2D eigenvalue weighted by Gasteiger charge is 2.57. The smallest absolute Gasteiger partial charge is 0.411 e. The number of hydrogen-bond donors (Lipinski definition) is 1. The third-order valence-corrected chi connectivity index (χ3v) is 10.8. The van der Waals surface area contributed by atoms with Gasteiger partial charge in [0.1, 0.15) is 17.0 Å². The summed E-state index contributed by atoms with van der Waals surface area (Å²) in [6.07, 6.45) is 9.95. The van der Waals surface area contributed by atoms with Gasteiger partial charge in [0.05, 0.1) is 52.6 Å². The first-order valence-electron chi connectivity index (χ1n) is 18.5. The standard InChI is InChI=1S/C41H45N7O4/c1-40(2,3)51-38(49)47-33-16-25(33)18-35(47)29-13-12-27(44-29)22-8-7-9-23(14-22)31-20-42-30-15-24(10-11-28(30)45-31)32-21-43-37(46-32)36-19-26-17-34(26)48(36)39(50)52-41(4,5)6/h7-12,14-15,20-21,25-26,33-36H,13,16-19H2,1-6H3,(H,43,46)/t25-,26-,33-,34-,35+,36+/m1/s1.